The van der Waals surface area contributed by atoms with Crippen molar-refractivity contribution in [3.05, 3.63) is 52.6 Å². The van der Waals surface area contributed by atoms with Crippen LogP contribution in [-0.2, 0) is 16.0 Å². The zero-order chi connectivity index (χ0) is 24.3. The molecule has 6 rings (SSSR count). The second kappa shape index (κ2) is 8.21. The second-order valence-corrected chi connectivity index (χ2v) is 11.5. The molecule has 1 saturated carbocycles. The normalized spacial score (nSPS) is 23.5. The number of aromatic nitrogens is 1. The molecule has 0 radical (unpaired) electrons. The molecule has 2 bridgehead atoms. The number of pyridine rings is 1. The number of nitrogens with one attached hydrogen (secondary N) is 1. The van der Waals surface area contributed by atoms with Gasteiger partial charge in [0.15, 0.2) is 9.84 Å². The van der Waals surface area contributed by atoms with Gasteiger partial charge in [0.05, 0.1) is 29.0 Å². The molecule has 3 aliphatic carbocycles. The largest absolute Gasteiger partial charge is 0.419 e. The number of anilines is 2. The van der Waals surface area contributed by atoms with Crippen molar-refractivity contribution in [3.63, 3.8) is 0 Å². The standard InChI is InChI=1S/C23H23F4N3O3S/c24-17-6-5-15(11-16(17)23(25,26)27)29-18-12-28-21(20-14-3-1-13(2-4-14)19(18)20)22(31)30-7-9-34(32,33)10-8-30/h5-6,11-14,29H,1-4,7-10H2. The van der Waals surface area contributed by atoms with Crippen molar-refractivity contribution in [1.29, 1.82) is 0 Å². The Morgan fingerprint density at radius 3 is 2.26 bits per heavy atom. The molecular formula is C23H23F4N3O3S. The molecule has 1 saturated heterocycles. The van der Waals surface area contributed by atoms with Crippen molar-refractivity contribution in [2.24, 2.45) is 0 Å². The average molecular weight is 498 g/mol. The van der Waals surface area contributed by atoms with Crippen LogP contribution in [0.1, 0.15) is 64.7 Å². The zero-order valence-corrected chi connectivity index (χ0v) is 19.0. The molecule has 1 amide bonds. The molecule has 0 spiro atoms. The van der Waals surface area contributed by atoms with Gasteiger partial charge >= 0.3 is 6.18 Å². The van der Waals surface area contributed by atoms with E-state index in [0.717, 1.165) is 48.9 Å². The lowest BCUT2D eigenvalue weighted by Crippen LogP contribution is -2.44. The van der Waals surface area contributed by atoms with E-state index < -0.39 is 27.4 Å². The Balaban J connectivity index is 1.52. The Kier molecular flexibility index (Phi) is 5.57. The molecule has 6 nitrogen and oxygen atoms in total. The number of sulfone groups is 1. The highest BCUT2D eigenvalue weighted by Gasteiger charge is 2.40. The van der Waals surface area contributed by atoms with Gasteiger partial charge in [-0.05, 0) is 66.8 Å². The first-order valence-corrected chi connectivity index (χ1v) is 13.0. The van der Waals surface area contributed by atoms with Gasteiger partial charge in [0.25, 0.3) is 5.91 Å². The molecule has 11 heteroatoms. The number of alkyl halides is 3. The lowest BCUT2D eigenvalue weighted by Gasteiger charge is -2.40. The minimum atomic E-state index is -4.82. The minimum absolute atomic E-state index is 0.0829. The Hall–Kier alpha value is -2.69. The molecule has 1 aromatic carbocycles. The smallest absolute Gasteiger partial charge is 0.354 e. The quantitative estimate of drug-likeness (QED) is 0.627. The molecule has 2 fully saturated rings. The molecule has 182 valence electrons. The highest BCUT2D eigenvalue weighted by Crippen LogP contribution is 2.53. The van der Waals surface area contributed by atoms with Crippen molar-refractivity contribution in [3.8, 4) is 0 Å². The van der Waals surface area contributed by atoms with Gasteiger partial charge in [0.1, 0.15) is 11.5 Å². The molecule has 1 aromatic heterocycles. The van der Waals surface area contributed by atoms with E-state index in [1.54, 1.807) is 0 Å². The van der Waals surface area contributed by atoms with Crippen LogP contribution >= 0.6 is 0 Å². The Bertz CT molecular complexity index is 1240. The number of hydrogen-bond donors (Lipinski definition) is 1. The third-order valence-electron chi connectivity index (χ3n) is 7.09. The number of rotatable bonds is 3. The van der Waals surface area contributed by atoms with Gasteiger partial charge < -0.3 is 10.2 Å². The fourth-order valence-electron chi connectivity index (χ4n) is 5.38. The van der Waals surface area contributed by atoms with Gasteiger partial charge in [-0.25, -0.2) is 17.8 Å². The van der Waals surface area contributed by atoms with E-state index in [2.05, 4.69) is 10.3 Å². The summed E-state index contributed by atoms with van der Waals surface area (Å²) in [5, 5.41) is 2.98. The number of carbonyl (C=O) groups is 1. The summed E-state index contributed by atoms with van der Waals surface area (Å²) in [6.45, 7) is 0.225. The number of benzene rings is 1. The van der Waals surface area contributed by atoms with Gasteiger partial charge in [0, 0.05) is 18.8 Å². The first kappa shape index (κ1) is 23.1. The van der Waals surface area contributed by atoms with E-state index >= 15 is 0 Å². The van der Waals surface area contributed by atoms with Crippen LogP contribution in [-0.4, -0.2) is 48.8 Å². The third kappa shape index (κ3) is 4.14. The highest BCUT2D eigenvalue weighted by molar-refractivity contribution is 7.91. The molecule has 34 heavy (non-hydrogen) atoms. The fraction of sp³-hybridized carbons (Fsp3) is 0.478. The van der Waals surface area contributed by atoms with Gasteiger partial charge in [-0.15, -0.1) is 0 Å². The molecular weight excluding hydrogens is 474 g/mol. The van der Waals surface area contributed by atoms with Crippen LogP contribution in [0.4, 0.5) is 28.9 Å². The van der Waals surface area contributed by atoms with Crippen LogP contribution in [0.2, 0.25) is 0 Å². The minimum Gasteiger partial charge on any atom is -0.354 e. The monoisotopic (exact) mass is 497 g/mol. The maximum atomic E-state index is 13.7. The summed E-state index contributed by atoms with van der Waals surface area (Å²) >= 11 is 0. The van der Waals surface area contributed by atoms with E-state index in [1.165, 1.54) is 17.2 Å². The predicted molar refractivity (Wildman–Crippen MR) is 117 cm³/mol. The predicted octanol–water partition coefficient (Wildman–Crippen LogP) is 4.61. The van der Waals surface area contributed by atoms with Crippen LogP contribution in [0.15, 0.2) is 24.4 Å². The molecule has 2 aromatic rings. The first-order chi connectivity index (χ1) is 16.0. The highest BCUT2D eigenvalue weighted by atomic mass is 32.2. The molecule has 1 N–H and O–H groups in total. The Morgan fingerprint density at radius 2 is 1.65 bits per heavy atom. The molecule has 2 heterocycles. The lowest BCUT2D eigenvalue weighted by molar-refractivity contribution is -0.139. The van der Waals surface area contributed by atoms with Crippen molar-refractivity contribution in [2.45, 2.75) is 43.7 Å². The third-order valence-corrected chi connectivity index (χ3v) is 8.70. The van der Waals surface area contributed by atoms with E-state index in [-0.39, 0.29) is 48.0 Å². The van der Waals surface area contributed by atoms with Crippen LogP contribution in [0, 0.1) is 5.82 Å². The summed E-state index contributed by atoms with van der Waals surface area (Å²) in [4.78, 5) is 19.2. The number of carbonyl (C=O) groups excluding carboxylic acids is 1. The Morgan fingerprint density at radius 1 is 1.03 bits per heavy atom. The van der Waals surface area contributed by atoms with Crippen LogP contribution in [0.3, 0.4) is 0 Å². The summed E-state index contributed by atoms with van der Waals surface area (Å²) < 4.78 is 76.8. The lowest BCUT2D eigenvalue weighted by atomic mass is 9.66. The molecule has 0 atom stereocenters. The van der Waals surface area contributed by atoms with E-state index in [4.69, 9.17) is 0 Å². The van der Waals surface area contributed by atoms with E-state index in [0.29, 0.717) is 11.4 Å². The van der Waals surface area contributed by atoms with E-state index in [1.807, 2.05) is 0 Å². The number of amides is 1. The van der Waals surface area contributed by atoms with Gasteiger partial charge in [-0.1, -0.05) is 0 Å². The van der Waals surface area contributed by atoms with Gasteiger partial charge in [0.2, 0.25) is 0 Å². The van der Waals surface area contributed by atoms with Gasteiger partial charge in [-0.2, -0.15) is 13.2 Å². The summed E-state index contributed by atoms with van der Waals surface area (Å²) in [5.41, 5.74) is 1.23. The van der Waals surface area contributed by atoms with E-state index in [9.17, 15) is 30.8 Å². The van der Waals surface area contributed by atoms with Crippen molar-refractivity contribution in [2.75, 3.05) is 29.9 Å². The van der Waals surface area contributed by atoms with Crippen LogP contribution < -0.4 is 5.32 Å². The SMILES string of the molecule is O=C(c1ncc(Nc2ccc(F)c(C(F)(F)F)c2)c2c1C1CCC2CC1)N1CCS(=O)(=O)CC1. The number of fused-ring (bicyclic) bond motifs is 2. The first-order valence-electron chi connectivity index (χ1n) is 11.2. The van der Waals surface area contributed by atoms with Crippen molar-refractivity contribution in [1.82, 2.24) is 9.88 Å². The number of nitrogens with zero attached hydrogens (tertiary/aromatic N) is 2. The maximum absolute atomic E-state index is 13.7. The number of halogens is 4. The summed E-state index contributed by atoms with van der Waals surface area (Å²) in [5.74, 6) is -1.58. The summed E-state index contributed by atoms with van der Waals surface area (Å²) in [6.07, 6.45) is 0.228. The van der Waals surface area contributed by atoms with Crippen molar-refractivity contribution < 1.29 is 30.8 Å². The maximum Gasteiger partial charge on any atom is 0.419 e. The molecule has 4 aliphatic rings. The van der Waals surface area contributed by atoms with Crippen LogP contribution in [0.5, 0.6) is 0 Å². The van der Waals surface area contributed by atoms with Crippen molar-refractivity contribution >= 4 is 27.1 Å². The van der Waals surface area contributed by atoms with Crippen LogP contribution in [0.25, 0.3) is 0 Å². The average Bonchev–Trinajstić information content (AvgIpc) is 2.80. The fourth-order valence-corrected chi connectivity index (χ4v) is 6.58. The number of hydrogen-bond acceptors (Lipinski definition) is 5. The molecule has 1 aliphatic heterocycles. The Labute approximate surface area is 194 Å². The summed E-state index contributed by atoms with van der Waals surface area (Å²) in [7, 11) is -3.15. The topological polar surface area (TPSA) is 79.4 Å². The molecule has 0 unspecified atom stereocenters. The second-order valence-electron chi connectivity index (χ2n) is 9.16. The van der Waals surface area contributed by atoms with Gasteiger partial charge in [-0.3, -0.25) is 4.79 Å². The summed E-state index contributed by atoms with van der Waals surface area (Å²) in [6, 6.07) is 2.75. The zero-order valence-electron chi connectivity index (χ0n) is 18.2.